The molecule has 0 bridgehead atoms. The number of sulfonamides is 1. The van der Waals surface area contributed by atoms with E-state index < -0.39 is 15.9 Å². The van der Waals surface area contributed by atoms with Crippen LogP contribution in [0.5, 0.6) is 5.75 Å². The normalized spacial score (nSPS) is 12.4. The van der Waals surface area contributed by atoms with E-state index in [2.05, 4.69) is 11.6 Å². The molecular weight excluding hydrogens is 458 g/mol. The highest BCUT2D eigenvalue weighted by Gasteiger charge is 2.23. The summed E-state index contributed by atoms with van der Waals surface area (Å²) in [5, 5.41) is 0. The Kier molecular flexibility index (Phi) is 8.23. The SMILES string of the molecule is C=CCn1c(=NC(=O)c2ccc(S(=O)(=O)N(CCC)CCC)cc2)sc2cc(OC)ccc21. The quantitative estimate of drug-likeness (QED) is 0.396. The first-order valence-corrected chi connectivity index (χ1v) is 13.1. The Bertz CT molecular complexity index is 1300. The number of carbonyl (C=O) groups is 1. The van der Waals surface area contributed by atoms with Crippen LogP contribution < -0.4 is 9.54 Å². The zero-order valence-corrected chi connectivity index (χ0v) is 20.8. The number of methoxy groups -OCH3 is 1. The largest absolute Gasteiger partial charge is 0.497 e. The number of benzene rings is 2. The monoisotopic (exact) mass is 487 g/mol. The van der Waals surface area contributed by atoms with Gasteiger partial charge in [0.15, 0.2) is 4.80 Å². The summed E-state index contributed by atoms with van der Waals surface area (Å²) >= 11 is 1.38. The van der Waals surface area contributed by atoms with Crippen LogP contribution in [0.25, 0.3) is 10.2 Å². The van der Waals surface area contributed by atoms with Crippen LogP contribution >= 0.6 is 11.3 Å². The van der Waals surface area contributed by atoms with E-state index >= 15 is 0 Å². The van der Waals surface area contributed by atoms with Gasteiger partial charge < -0.3 is 9.30 Å². The summed E-state index contributed by atoms with van der Waals surface area (Å²) in [6, 6.07) is 11.7. The highest BCUT2D eigenvalue weighted by Crippen LogP contribution is 2.23. The first kappa shape index (κ1) is 24.9. The average Bonchev–Trinajstić information content (AvgIpc) is 3.15. The minimum absolute atomic E-state index is 0.177. The lowest BCUT2D eigenvalue weighted by Gasteiger charge is -2.21. The van der Waals surface area contributed by atoms with Crippen LogP contribution in [0, 0.1) is 0 Å². The van der Waals surface area contributed by atoms with Crippen LogP contribution in [-0.2, 0) is 16.6 Å². The molecule has 1 aromatic heterocycles. The Hall–Kier alpha value is -2.75. The molecule has 0 radical (unpaired) electrons. The van der Waals surface area contributed by atoms with Gasteiger partial charge in [0.05, 0.1) is 22.2 Å². The average molecular weight is 488 g/mol. The van der Waals surface area contributed by atoms with Crippen LogP contribution in [0.15, 0.2) is 65.0 Å². The van der Waals surface area contributed by atoms with Crippen molar-refractivity contribution in [1.29, 1.82) is 0 Å². The molecule has 0 aliphatic heterocycles. The van der Waals surface area contributed by atoms with Crippen molar-refractivity contribution in [3.8, 4) is 5.75 Å². The Morgan fingerprint density at radius 2 is 1.82 bits per heavy atom. The van der Waals surface area contributed by atoms with Crippen LogP contribution in [0.4, 0.5) is 0 Å². The second kappa shape index (κ2) is 10.9. The molecule has 0 fully saturated rings. The molecule has 0 aliphatic carbocycles. The molecule has 176 valence electrons. The smallest absolute Gasteiger partial charge is 0.279 e. The number of amides is 1. The Morgan fingerprint density at radius 3 is 2.39 bits per heavy atom. The molecule has 9 heteroatoms. The number of hydrogen-bond acceptors (Lipinski definition) is 5. The van der Waals surface area contributed by atoms with Crippen molar-refractivity contribution in [2.75, 3.05) is 20.2 Å². The molecule has 0 N–H and O–H groups in total. The number of ether oxygens (including phenoxy) is 1. The van der Waals surface area contributed by atoms with E-state index in [1.54, 1.807) is 13.2 Å². The lowest BCUT2D eigenvalue weighted by atomic mass is 10.2. The fourth-order valence-corrected chi connectivity index (χ4v) is 6.18. The maximum absolute atomic E-state index is 12.9. The van der Waals surface area contributed by atoms with E-state index in [0.29, 0.717) is 30.0 Å². The topological polar surface area (TPSA) is 81.0 Å². The van der Waals surface area contributed by atoms with Gasteiger partial charge in [0.1, 0.15) is 5.75 Å². The number of hydrogen-bond donors (Lipinski definition) is 0. The first-order chi connectivity index (χ1) is 15.8. The molecule has 1 heterocycles. The van der Waals surface area contributed by atoms with Gasteiger partial charge in [-0.25, -0.2) is 8.42 Å². The standard InChI is InChI=1S/C24H29N3O4S2/c1-5-14-26(15-6-2)33(29,30)20-11-8-18(9-12-20)23(28)25-24-27(16-7-3)21-13-10-19(31-4)17-22(21)32-24/h7-13,17H,3,5-6,14-16H2,1-2,4H3. The summed E-state index contributed by atoms with van der Waals surface area (Å²) < 4.78 is 35.5. The summed E-state index contributed by atoms with van der Waals surface area (Å²) in [5.74, 6) is 0.290. The van der Waals surface area contributed by atoms with Crippen LogP contribution in [0.2, 0.25) is 0 Å². The number of nitrogens with zero attached hydrogens (tertiary/aromatic N) is 3. The van der Waals surface area contributed by atoms with Crippen LogP contribution in [-0.4, -0.2) is 43.4 Å². The van der Waals surface area contributed by atoms with Crippen LogP contribution in [0.3, 0.4) is 0 Å². The maximum Gasteiger partial charge on any atom is 0.279 e. The molecule has 1 amide bonds. The minimum atomic E-state index is -3.60. The third kappa shape index (κ3) is 5.43. The fourth-order valence-electron chi connectivity index (χ4n) is 3.49. The van der Waals surface area contributed by atoms with Crippen molar-refractivity contribution in [2.45, 2.75) is 38.1 Å². The molecule has 0 spiro atoms. The highest BCUT2D eigenvalue weighted by atomic mass is 32.2. The molecule has 33 heavy (non-hydrogen) atoms. The number of thiazole rings is 1. The van der Waals surface area contributed by atoms with Gasteiger partial charge in [-0.1, -0.05) is 31.3 Å². The van der Waals surface area contributed by atoms with Gasteiger partial charge in [-0.2, -0.15) is 9.30 Å². The maximum atomic E-state index is 12.9. The summed E-state index contributed by atoms with van der Waals surface area (Å²) in [6.45, 7) is 9.13. The highest BCUT2D eigenvalue weighted by molar-refractivity contribution is 7.89. The predicted molar refractivity (Wildman–Crippen MR) is 132 cm³/mol. The minimum Gasteiger partial charge on any atom is -0.497 e. The van der Waals surface area contributed by atoms with E-state index in [1.807, 2.05) is 36.6 Å². The van der Waals surface area contributed by atoms with Crippen LogP contribution in [0.1, 0.15) is 37.0 Å². The van der Waals surface area contributed by atoms with Gasteiger partial charge in [-0.15, -0.1) is 6.58 Å². The van der Waals surface area contributed by atoms with E-state index in [4.69, 9.17) is 4.74 Å². The molecule has 0 unspecified atom stereocenters. The molecule has 3 aromatic rings. The second-order valence-corrected chi connectivity index (χ2v) is 10.4. The van der Waals surface area contributed by atoms with Gasteiger partial charge in [0.25, 0.3) is 5.91 Å². The first-order valence-electron chi connectivity index (χ1n) is 10.8. The van der Waals surface area contributed by atoms with Gasteiger partial charge in [0, 0.05) is 25.2 Å². The van der Waals surface area contributed by atoms with Crippen molar-refractivity contribution in [1.82, 2.24) is 8.87 Å². The molecule has 0 saturated heterocycles. The Balaban J connectivity index is 1.95. The second-order valence-electron chi connectivity index (χ2n) is 7.46. The number of carbonyl (C=O) groups excluding carboxylic acids is 1. The summed E-state index contributed by atoms with van der Waals surface area (Å²) in [7, 11) is -1.99. The summed E-state index contributed by atoms with van der Waals surface area (Å²) in [4.78, 5) is 17.9. The number of fused-ring (bicyclic) bond motifs is 1. The molecule has 7 nitrogen and oxygen atoms in total. The van der Waals surface area contributed by atoms with E-state index in [-0.39, 0.29) is 4.90 Å². The van der Waals surface area contributed by atoms with E-state index in [9.17, 15) is 13.2 Å². The molecule has 0 saturated carbocycles. The number of rotatable bonds is 10. The molecule has 2 aromatic carbocycles. The Labute approximate surface area is 198 Å². The Morgan fingerprint density at radius 1 is 1.15 bits per heavy atom. The van der Waals surface area contributed by atoms with Crippen molar-refractivity contribution in [3.05, 3.63) is 65.5 Å². The van der Waals surface area contributed by atoms with Gasteiger partial charge in [-0.3, -0.25) is 4.79 Å². The predicted octanol–water partition coefficient (Wildman–Crippen LogP) is 4.45. The van der Waals surface area contributed by atoms with Crippen molar-refractivity contribution >= 4 is 37.5 Å². The van der Waals surface area contributed by atoms with Gasteiger partial charge >= 0.3 is 0 Å². The van der Waals surface area contributed by atoms with E-state index in [0.717, 1.165) is 28.8 Å². The molecule has 0 atom stereocenters. The molecular formula is C24H29N3O4S2. The zero-order chi connectivity index (χ0) is 24.0. The summed E-state index contributed by atoms with van der Waals surface area (Å²) in [6.07, 6.45) is 3.22. The van der Waals surface area contributed by atoms with Gasteiger partial charge in [-0.05, 0) is 55.3 Å². The van der Waals surface area contributed by atoms with Crippen molar-refractivity contribution in [3.63, 3.8) is 0 Å². The number of allylic oxidation sites excluding steroid dienone is 1. The number of aromatic nitrogens is 1. The zero-order valence-electron chi connectivity index (χ0n) is 19.2. The lowest BCUT2D eigenvalue weighted by molar-refractivity contribution is 0.0997. The molecule has 0 aliphatic rings. The third-order valence-electron chi connectivity index (χ3n) is 5.08. The van der Waals surface area contributed by atoms with Crippen molar-refractivity contribution < 1.29 is 17.9 Å². The third-order valence-corrected chi connectivity index (χ3v) is 8.04. The summed E-state index contributed by atoms with van der Waals surface area (Å²) in [5.41, 5.74) is 1.26. The van der Waals surface area contributed by atoms with Crippen molar-refractivity contribution in [2.24, 2.45) is 4.99 Å². The van der Waals surface area contributed by atoms with Gasteiger partial charge in [0.2, 0.25) is 10.0 Å². The lowest BCUT2D eigenvalue weighted by Crippen LogP contribution is -2.32. The van der Waals surface area contributed by atoms with E-state index in [1.165, 1.54) is 39.9 Å². The molecule has 3 rings (SSSR count). The fraction of sp³-hybridized carbons (Fsp3) is 0.333.